The van der Waals surface area contributed by atoms with Crippen LogP contribution in [0.5, 0.6) is 0 Å². The van der Waals surface area contributed by atoms with Crippen LogP contribution in [0.15, 0.2) is 52.0 Å². The van der Waals surface area contributed by atoms with Gasteiger partial charge in [-0.05, 0) is 50.1 Å². The first kappa shape index (κ1) is 21.5. The summed E-state index contributed by atoms with van der Waals surface area (Å²) in [5, 5.41) is 3.33. The molecule has 3 heterocycles. The van der Waals surface area contributed by atoms with E-state index in [4.69, 9.17) is 20.8 Å². The van der Waals surface area contributed by atoms with Crippen LogP contribution in [0.3, 0.4) is 0 Å². The number of thiazole rings is 1. The number of hydrogen-bond donors (Lipinski definition) is 1. The number of rotatable bonds is 6. The highest BCUT2D eigenvalue weighted by Crippen LogP contribution is 2.14. The SMILES string of the molecule is Cc1cn(Cc2ccc(C(=O)NC[C@@H]3CCCO3)o2)c(=NC(=O)c2cccc(Cl)c2)s1. The summed E-state index contributed by atoms with van der Waals surface area (Å²) >= 11 is 7.38. The zero-order chi connectivity index (χ0) is 21.8. The Hall–Kier alpha value is -2.68. The van der Waals surface area contributed by atoms with Crippen LogP contribution in [0.4, 0.5) is 0 Å². The molecule has 7 nitrogen and oxygen atoms in total. The van der Waals surface area contributed by atoms with Gasteiger partial charge in [-0.15, -0.1) is 11.3 Å². The number of hydrogen-bond acceptors (Lipinski definition) is 5. The number of furan rings is 1. The lowest BCUT2D eigenvalue weighted by Crippen LogP contribution is -2.31. The molecule has 1 atom stereocenters. The Bertz CT molecular complexity index is 1160. The van der Waals surface area contributed by atoms with Gasteiger partial charge in [0.1, 0.15) is 5.76 Å². The molecule has 4 rings (SSSR count). The van der Waals surface area contributed by atoms with Crippen molar-refractivity contribution in [3.05, 3.63) is 74.4 Å². The molecule has 1 aliphatic rings. The molecule has 0 spiro atoms. The summed E-state index contributed by atoms with van der Waals surface area (Å²) in [5.74, 6) is 0.201. The maximum absolute atomic E-state index is 12.5. The Labute approximate surface area is 188 Å². The van der Waals surface area contributed by atoms with Gasteiger partial charge in [-0.1, -0.05) is 17.7 Å². The number of carbonyl (C=O) groups is 2. The summed E-state index contributed by atoms with van der Waals surface area (Å²) in [6.45, 7) is 3.51. The van der Waals surface area contributed by atoms with E-state index in [1.165, 1.54) is 11.3 Å². The molecule has 31 heavy (non-hydrogen) atoms. The third kappa shape index (κ3) is 5.52. The number of nitrogens with one attached hydrogen (secondary N) is 1. The van der Waals surface area contributed by atoms with Gasteiger partial charge in [0.15, 0.2) is 10.6 Å². The minimum Gasteiger partial charge on any atom is -0.454 e. The zero-order valence-corrected chi connectivity index (χ0v) is 18.5. The molecule has 1 fully saturated rings. The monoisotopic (exact) mass is 459 g/mol. The fraction of sp³-hybridized carbons (Fsp3) is 0.318. The predicted octanol–water partition coefficient (Wildman–Crippen LogP) is 3.80. The van der Waals surface area contributed by atoms with E-state index in [-0.39, 0.29) is 23.7 Å². The number of aryl methyl sites for hydroxylation is 1. The summed E-state index contributed by atoms with van der Waals surface area (Å²) in [6.07, 6.45) is 3.95. The van der Waals surface area contributed by atoms with Crippen molar-refractivity contribution < 1.29 is 18.7 Å². The zero-order valence-electron chi connectivity index (χ0n) is 17.0. The molecule has 0 radical (unpaired) electrons. The van der Waals surface area contributed by atoms with Gasteiger partial charge in [-0.3, -0.25) is 9.59 Å². The van der Waals surface area contributed by atoms with E-state index in [1.807, 2.05) is 17.7 Å². The fourth-order valence-electron chi connectivity index (χ4n) is 3.33. The fourth-order valence-corrected chi connectivity index (χ4v) is 4.35. The molecule has 2 aromatic heterocycles. The highest BCUT2D eigenvalue weighted by Gasteiger charge is 2.18. The van der Waals surface area contributed by atoms with Crippen molar-refractivity contribution in [1.82, 2.24) is 9.88 Å². The van der Waals surface area contributed by atoms with E-state index < -0.39 is 0 Å². The third-order valence-electron chi connectivity index (χ3n) is 4.83. The van der Waals surface area contributed by atoms with Gasteiger partial charge in [0.25, 0.3) is 11.8 Å². The second-order valence-electron chi connectivity index (χ2n) is 7.29. The highest BCUT2D eigenvalue weighted by molar-refractivity contribution is 7.09. The third-order valence-corrected chi connectivity index (χ3v) is 6.00. The molecule has 0 unspecified atom stereocenters. The van der Waals surface area contributed by atoms with Gasteiger partial charge < -0.3 is 19.0 Å². The van der Waals surface area contributed by atoms with E-state index in [1.54, 1.807) is 36.4 Å². The quantitative estimate of drug-likeness (QED) is 0.607. The maximum Gasteiger partial charge on any atom is 0.287 e. The molecule has 2 amide bonds. The second-order valence-corrected chi connectivity index (χ2v) is 8.94. The molecule has 1 saturated heterocycles. The lowest BCUT2D eigenvalue weighted by atomic mass is 10.2. The highest BCUT2D eigenvalue weighted by atomic mass is 35.5. The number of benzene rings is 1. The number of nitrogens with zero attached hydrogens (tertiary/aromatic N) is 2. The van der Waals surface area contributed by atoms with Crippen molar-refractivity contribution in [3.8, 4) is 0 Å². The van der Waals surface area contributed by atoms with E-state index in [0.717, 1.165) is 24.3 Å². The lowest BCUT2D eigenvalue weighted by Gasteiger charge is -2.09. The van der Waals surface area contributed by atoms with E-state index in [0.29, 0.717) is 34.2 Å². The van der Waals surface area contributed by atoms with Crippen molar-refractivity contribution in [1.29, 1.82) is 0 Å². The predicted molar refractivity (Wildman–Crippen MR) is 118 cm³/mol. The van der Waals surface area contributed by atoms with Crippen molar-refractivity contribution in [2.75, 3.05) is 13.2 Å². The van der Waals surface area contributed by atoms with Crippen LogP contribution in [0.2, 0.25) is 5.02 Å². The van der Waals surface area contributed by atoms with Gasteiger partial charge in [0, 0.05) is 34.8 Å². The molecule has 3 aromatic rings. The second kappa shape index (κ2) is 9.64. The number of ether oxygens (including phenoxy) is 1. The van der Waals surface area contributed by atoms with E-state index in [2.05, 4.69) is 10.3 Å². The van der Waals surface area contributed by atoms with Crippen molar-refractivity contribution in [2.45, 2.75) is 32.4 Å². The summed E-state index contributed by atoms with van der Waals surface area (Å²) in [4.78, 5) is 30.7. The minimum absolute atomic E-state index is 0.0731. The molecule has 0 aliphatic carbocycles. The Balaban J connectivity index is 1.46. The molecule has 1 aliphatic heterocycles. The first-order valence-corrected chi connectivity index (χ1v) is 11.2. The summed E-state index contributed by atoms with van der Waals surface area (Å²) in [6, 6.07) is 10.1. The Morgan fingerprint density at radius 2 is 2.19 bits per heavy atom. The first-order chi connectivity index (χ1) is 15.0. The molecule has 1 N–H and O–H groups in total. The molecule has 0 bridgehead atoms. The maximum atomic E-state index is 12.5. The Kier molecular flexibility index (Phi) is 6.70. The minimum atomic E-state index is -0.369. The Morgan fingerprint density at radius 3 is 2.97 bits per heavy atom. The van der Waals surface area contributed by atoms with Crippen LogP contribution in [-0.2, 0) is 11.3 Å². The van der Waals surface area contributed by atoms with Crippen LogP contribution < -0.4 is 10.1 Å². The molecular formula is C22H22ClN3O4S. The normalized spacial score (nSPS) is 16.6. The topological polar surface area (TPSA) is 85.8 Å². The van der Waals surface area contributed by atoms with Gasteiger partial charge in [0.2, 0.25) is 0 Å². The van der Waals surface area contributed by atoms with Gasteiger partial charge in [-0.25, -0.2) is 0 Å². The van der Waals surface area contributed by atoms with Crippen molar-refractivity contribution >= 4 is 34.8 Å². The standard InChI is InChI=1S/C22H22ClN3O4S/c1-14-12-26(22(31-14)25-20(27)15-4-2-5-16(23)10-15)13-18-7-8-19(30-18)21(28)24-11-17-6-3-9-29-17/h2,4-5,7-8,10,12,17H,3,6,9,11,13H2,1H3,(H,24,28)/t17-/m0/s1. The first-order valence-electron chi connectivity index (χ1n) is 9.98. The lowest BCUT2D eigenvalue weighted by molar-refractivity contribution is 0.0833. The van der Waals surface area contributed by atoms with Gasteiger partial charge in [0.05, 0.1) is 12.6 Å². The van der Waals surface area contributed by atoms with Gasteiger partial charge >= 0.3 is 0 Å². The largest absolute Gasteiger partial charge is 0.454 e. The van der Waals surface area contributed by atoms with E-state index >= 15 is 0 Å². The number of carbonyl (C=O) groups excluding carboxylic acids is 2. The Morgan fingerprint density at radius 1 is 1.32 bits per heavy atom. The van der Waals surface area contributed by atoms with Crippen LogP contribution in [-0.4, -0.2) is 35.6 Å². The number of amides is 2. The summed E-state index contributed by atoms with van der Waals surface area (Å²) in [5.41, 5.74) is 0.424. The average Bonchev–Trinajstić information content (AvgIpc) is 3.49. The van der Waals surface area contributed by atoms with Crippen LogP contribution >= 0.6 is 22.9 Å². The molecular weight excluding hydrogens is 438 g/mol. The van der Waals surface area contributed by atoms with Crippen LogP contribution in [0.25, 0.3) is 0 Å². The molecule has 162 valence electrons. The molecule has 0 saturated carbocycles. The average molecular weight is 460 g/mol. The van der Waals surface area contributed by atoms with Crippen LogP contribution in [0.1, 0.15) is 44.4 Å². The summed E-state index contributed by atoms with van der Waals surface area (Å²) in [7, 11) is 0. The smallest absolute Gasteiger partial charge is 0.287 e. The van der Waals surface area contributed by atoms with Crippen molar-refractivity contribution in [2.24, 2.45) is 4.99 Å². The van der Waals surface area contributed by atoms with Crippen molar-refractivity contribution in [3.63, 3.8) is 0 Å². The number of halogens is 1. The number of aromatic nitrogens is 1. The molecule has 9 heteroatoms. The van der Waals surface area contributed by atoms with Gasteiger partial charge in [-0.2, -0.15) is 4.99 Å². The molecule has 1 aromatic carbocycles. The summed E-state index contributed by atoms with van der Waals surface area (Å²) < 4.78 is 13.1. The van der Waals surface area contributed by atoms with Crippen LogP contribution in [0, 0.1) is 6.92 Å². The van der Waals surface area contributed by atoms with E-state index in [9.17, 15) is 9.59 Å².